The second-order valence-corrected chi connectivity index (χ2v) is 8.65. The number of sulfonamides is 1. The highest BCUT2D eigenvalue weighted by atomic mass is 32.2. The van der Waals surface area contributed by atoms with Crippen LogP contribution in [-0.2, 0) is 10.0 Å². The molecule has 0 saturated heterocycles. The van der Waals surface area contributed by atoms with Gasteiger partial charge in [0.15, 0.2) is 0 Å². The van der Waals surface area contributed by atoms with Crippen molar-refractivity contribution in [3.63, 3.8) is 0 Å². The lowest BCUT2D eigenvalue weighted by atomic mass is 10.0. The molecule has 1 aromatic rings. The molecule has 1 saturated carbocycles. The summed E-state index contributed by atoms with van der Waals surface area (Å²) in [5.41, 5.74) is 6.10. The maximum absolute atomic E-state index is 12.6. The highest BCUT2D eigenvalue weighted by molar-refractivity contribution is 7.89. The molecule has 2 unspecified atom stereocenters. The van der Waals surface area contributed by atoms with Crippen LogP contribution in [0.1, 0.15) is 43.5 Å². The summed E-state index contributed by atoms with van der Waals surface area (Å²) >= 11 is 0. The Hall–Kier alpha value is -1.44. The predicted molar refractivity (Wildman–Crippen MR) is 94.2 cm³/mol. The molecule has 7 heteroatoms. The fraction of sp³-hybridized carbons (Fsp3) is 0.588. The van der Waals surface area contributed by atoms with Gasteiger partial charge in [0.25, 0.3) is 5.91 Å². The van der Waals surface area contributed by atoms with Crippen LogP contribution in [0.5, 0.6) is 0 Å². The van der Waals surface area contributed by atoms with Gasteiger partial charge < -0.3 is 11.1 Å². The Kier molecular flexibility index (Phi) is 6.01. The molecule has 2 rings (SSSR count). The van der Waals surface area contributed by atoms with E-state index in [1.54, 1.807) is 26.0 Å². The molecule has 3 N–H and O–H groups in total. The summed E-state index contributed by atoms with van der Waals surface area (Å²) in [6, 6.07) is 6.11. The first-order valence-corrected chi connectivity index (χ1v) is 9.80. The minimum absolute atomic E-state index is 0.0705. The van der Waals surface area contributed by atoms with Crippen molar-refractivity contribution in [3.8, 4) is 0 Å². The molecule has 6 nitrogen and oxygen atoms in total. The fourth-order valence-electron chi connectivity index (χ4n) is 3.00. The van der Waals surface area contributed by atoms with Crippen molar-refractivity contribution < 1.29 is 13.2 Å². The van der Waals surface area contributed by atoms with E-state index in [4.69, 9.17) is 5.73 Å². The first-order valence-electron chi connectivity index (χ1n) is 8.36. The Labute approximate surface area is 144 Å². The number of amides is 1. The molecule has 1 amide bonds. The molecule has 134 valence electrons. The van der Waals surface area contributed by atoms with Gasteiger partial charge in [0.2, 0.25) is 10.0 Å². The number of rotatable bonds is 6. The molecular weight excluding hydrogens is 326 g/mol. The van der Waals surface area contributed by atoms with E-state index in [0.717, 1.165) is 19.3 Å². The number of hydrogen-bond acceptors (Lipinski definition) is 4. The molecule has 0 aliphatic heterocycles. The molecule has 24 heavy (non-hydrogen) atoms. The fourth-order valence-corrected chi connectivity index (χ4v) is 4.42. The summed E-state index contributed by atoms with van der Waals surface area (Å²) in [7, 11) is -2.06. The molecule has 0 aromatic heterocycles. The maximum atomic E-state index is 12.6. The SMILES string of the molecule is CC(C)N(C)S(=O)(=O)c1cccc(C(=O)NC2CCCC2CN)c1. The molecule has 1 aliphatic carbocycles. The van der Waals surface area contributed by atoms with Gasteiger partial charge in [-0.15, -0.1) is 0 Å². The van der Waals surface area contributed by atoms with E-state index >= 15 is 0 Å². The smallest absolute Gasteiger partial charge is 0.251 e. The Morgan fingerprint density at radius 1 is 1.38 bits per heavy atom. The second-order valence-electron chi connectivity index (χ2n) is 6.65. The molecule has 1 fully saturated rings. The number of nitrogens with one attached hydrogen (secondary N) is 1. The number of carbonyl (C=O) groups is 1. The highest BCUT2D eigenvalue weighted by Crippen LogP contribution is 2.25. The average molecular weight is 353 g/mol. The molecule has 1 aliphatic rings. The zero-order chi connectivity index (χ0) is 17.9. The minimum atomic E-state index is -3.60. The van der Waals surface area contributed by atoms with Gasteiger partial charge in [-0.1, -0.05) is 12.5 Å². The van der Waals surface area contributed by atoms with Crippen molar-refractivity contribution in [3.05, 3.63) is 29.8 Å². The largest absolute Gasteiger partial charge is 0.349 e. The van der Waals surface area contributed by atoms with Crippen molar-refractivity contribution in [2.75, 3.05) is 13.6 Å². The molecule has 1 aromatic carbocycles. The van der Waals surface area contributed by atoms with Gasteiger partial charge >= 0.3 is 0 Å². The van der Waals surface area contributed by atoms with Crippen molar-refractivity contribution in [2.24, 2.45) is 11.7 Å². The zero-order valence-corrected chi connectivity index (χ0v) is 15.3. The lowest BCUT2D eigenvalue weighted by molar-refractivity contribution is 0.0928. The van der Waals surface area contributed by atoms with E-state index in [1.165, 1.54) is 23.5 Å². The lowest BCUT2D eigenvalue weighted by Crippen LogP contribution is -2.40. The van der Waals surface area contributed by atoms with Gasteiger partial charge in [-0.25, -0.2) is 8.42 Å². The Bertz CT molecular complexity index is 688. The van der Waals surface area contributed by atoms with Crippen molar-refractivity contribution in [1.82, 2.24) is 9.62 Å². The summed E-state index contributed by atoms with van der Waals surface area (Å²) in [6.45, 7) is 4.17. The van der Waals surface area contributed by atoms with Crippen LogP contribution < -0.4 is 11.1 Å². The number of benzene rings is 1. The van der Waals surface area contributed by atoms with Gasteiger partial charge in [0, 0.05) is 24.7 Å². The first kappa shape index (κ1) is 18.9. The van der Waals surface area contributed by atoms with Gasteiger partial charge in [-0.05, 0) is 57.4 Å². The van der Waals surface area contributed by atoms with E-state index in [9.17, 15) is 13.2 Å². The van der Waals surface area contributed by atoms with Crippen LogP contribution in [0.3, 0.4) is 0 Å². The molecular formula is C17H27N3O3S. The molecule has 2 atom stereocenters. The van der Waals surface area contributed by atoms with Crippen LogP contribution in [0, 0.1) is 5.92 Å². The predicted octanol–water partition coefficient (Wildman–Crippen LogP) is 1.57. The van der Waals surface area contributed by atoms with Crippen LogP contribution >= 0.6 is 0 Å². The monoisotopic (exact) mass is 353 g/mol. The van der Waals surface area contributed by atoms with E-state index in [1.807, 2.05) is 0 Å². The van der Waals surface area contributed by atoms with Gasteiger partial charge in [-0.2, -0.15) is 4.31 Å². The van der Waals surface area contributed by atoms with Crippen LogP contribution in [0.15, 0.2) is 29.2 Å². The van der Waals surface area contributed by atoms with Gasteiger partial charge in [0.05, 0.1) is 4.90 Å². The normalized spacial score (nSPS) is 21.4. The van der Waals surface area contributed by atoms with Gasteiger partial charge in [0.1, 0.15) is 0 Å². The van der Waals surface area contributed by atoms with Crippen LogP contribution in [0.25, 0.3) is 0 Å². The maximum Gasteiger partial charge on any atom is 0.251 e. The number of nitrogens with two attached hydrogens (primary N) is 1. The van der Waals surface area contributed by atoms with Gasteiger partial charge in [-0.3, -0.25) is 4.79 Å². The van der Waals surface area contributed by atoms with E-state index < -0.39 is 10.0 Å². The Morgan fingerprint density at radius 3 is 2.71 bits per heavy atom. The van der Waals surface area contributed by atoms with Crippen molar-refractivity contribution in [1.29, 1.82) is 0 Å². The average Bonchev–Trinajstić information content (AvgIpc) is 3.01. The third-order valence-electron chi connectivity index (χ3n) is 4.78. The van der Waals surface area contributed by atoms with E-state index in [0.29, 0.717) is 18.0 Å². The second kappa shape index (κ2) is 7.63. The summed E-state index contributed by atoms with van der Waals surface area (Å²) in [5.74, 6) is 0.0533. The summed E-state index contributed by atoms with van der Waals surface area (Å²) in [4.78, 5) is 12.6. The molecule has 0 bridgehead atoms. The van der Waals surface area contributed by atoms with Crippen LogP contribution in [0.4, 0.5) is 0 Å². The summed E-state index contributed by atoms with van der Waals surface area (Å²) in [6.07, 6.45) is 3.00. The van der Waals surface area contributed by atoms with Crippen molar-refractivity contribution >= 4 is 15.9 Å². The third-order valence-corrected chi connectivity index (χ3v) is 6.81. The standard InChI is InChI=1S/C17H27N3O3S/c1-12(2)20(3)24(22,23)15-8-4-6-13(10-15)17(21)19-16-9-5-7-14(16)11-18/h4,6,8,10,12,14,16H,5,7,9,11,18H2,1-3H3,(H,19,21). The molecule has 0 heterocycles. The first-order chi connectivity index (χ1) is 11.3. The third kappa shape index (κ3) is 3.96. The number of carbonyl (C=O) groups excluding carboxylic acids is 1. The zero-order valence-electron chi connectivity index (χ0n) is 14.5. The Balaban J connectivity index is 2.19. The molecule has 0 radical (unpaired) electrons. The summed E-state index contributed by atoms with van der Waals surface area (Å²) in [5, 5.41) is 3.00. The summed E-state index contributed by atoms with van der Waals surface area (Å²) < 4.78 is 26.4. The quantitative estimate of drug-likeness (QED) is 0.812. The number of nitrogens with zero attached hydrogens (tertiary/aromatic N) is 1. The van der Waals surface area contributed by atoms with Crippen molar-refractivity contribution in [2.45, 2.75) is 50.1 Å². The molecule has 0 spiro atoms. The topological polar surface area (TPSA) is 92.5 Å². The van der Waals surface area contributed by atoms with Crippen LogP contribution in [-0.4, -0.2) is 44.3 Å². The lowest BCUT2D eigenvalue weighted by Gasteiger charge is -2.22. The highest BCUT2D eigenvalue weighted by Gasteiger charge is 2.28. The minimum Gasteiger partial charge on any atom is -0.349 e. The van der Waals surface area contributed by atoms with E-state index in [-0.39, 0.29) is 22.9 Å². The van der Waals surface area contributed by atoms with Crippen LogP contribution in [0.2, 0.25) is 0 Å². The number of hydrogen-bond donors (Lipinski definition) is 2. The van der Waals surface area contributed by atoms with E-state index in [2.05, 4.69) is 5.32 Å². The Morgan fingerprint density at radius 2 is 2.08 bits per heavy atom.